The van der Waals surface area contributed by atoms with Crippen LogP contribution in [0.3, 0.4) is 0 Å². The van der Waals surface area contributed by atoms with Gasteiger partial charge in [-0.2, -0.15) is 5.26 Å². The predicted molar refractivity (Wildman–Crippen MR) is 88.3 cm³/mol. The molecule has 2 aromatic heterocycles. The van der Waals surface area contributed by atoms with Gasteiger partial charge in [-0.25, -0.2) is 23.1 Å². The van der Waals surface area contributed by atoms with Crippen LogP contribution in [-0.2, 0) is 0 Å². The van der Waals surface area contributed by atoms with Crippen molar-refractivity contribution in [2.75, 3.05) is 18.4 Å². The molecule has 2 aromatic rings. The van der Waals surface area contributed by atoms with Gasteiger partial charge in [0.2, 0.25) is 5.95 Å². The second-order valence-corrected chi connectivity index (χ2v) is 6.50. The Morgan fingerprint density at radius 2 is 2.27 bits per heavy atom. The molecule has 3 rings (SSSR count). The van der Waals surface area contributed by atoms with Gasteiger partial charge in [-0.3, -0.25) is 0 Å². The van der Waals surface area contributed by atoms with E-state index in [2.05, 4.69) is 15.4 Å². The third-order valence-corrected chi connectivity index (χ3v) is 4.45. The molecule has 0 aromatic carbocycles. The van der Waals surface area contributed by atoms with Crippen molar-refractivity contribution in [3.63, 3.8) is 0 Å². The van der Waals surface area contributed by atoms with Crippen molar-refractivity contribution < 1.29 is 18.7 Å². The normalized spacial score (nSPS) is 20.4. The average molecular weight is 364 g/mol. The number of nitrogens with zero attached hydrogens (tertiary/aromatic N) is 5. The minimum Gasteiger partial charge on any atom is -0.465 e. The molecule has 3 heterocycles. The largest absolute Gasteiger partial charge is 0.465 e. The molecule has 0 saturated carbocycles. The van der Waals surface area contributed by atoms with Crippen LogP contribution in [-0.4, -0.2) is 56.0 Å². The van der Waals surface area contributed by atoms with Crippen LogP contribution in [0.1, 0.15) is 37.4 Å². The Hall–Kier alpha value is -2.96. The summed E-state index contributed by atoms with van der Waals surface area (Å²) in [5, 5.41) is 25.2. The number of carboxylic acid groups (broad SMARTS) is 1. The summed E-state index contributed by atoms with van der Waals surface area (Å²) >= 11 is 0. The number of carbonyl (C=O) groups is 1. The van der Waals surface area contributed by atoms with Gasteiger partial charge in [0.25, 0.3) is 0 Å². The van der Waals surface area contributed by atoms with Gasteiger partial charge in [0.15, 0.2) is 5.82 Å². The molecule has 26 heavy (non-hydrogen) atoms. The summed E-state index contributed by atoms with van der Waals surface area (Å²) in [5.41, 5.74) is 0.417. The average Bonchev–Trinajstić information content (AvgIpc) is 2.88. The van der Waals surface area contributed by atoms with Crippen LogP contribution in [0.2, 0.25) is 0 Å². The minimum atomic E-state index is -1.42. The number of fused-ring (bicyclic) bond motifs is 1. The molecule has 1 saturated heterocycles. The first-order valence-corrected chi connectivity index (χ1v) is 8.19. The molecule has 0 bridgehead atoms. The summed E-state index contributed by atoms with van der Waals surface area (Å²) in [7, 11) is 0. The SMILES string of the molecule is CC(C)c1c(C#N)c(F)c2cnc(N[C@@H]3CCN(C(=O)O)C[C@H]3F)nn12. The fraction of sp³-hybridized carbons (Fsp3) is 0.500. The number of nitrogens with one attached hydrogen (secondary N) is 1. The van der Waals surface area contributed by atoms with Crippen molar-refractivity contribution in [1.29, 1.82) is 5.26 Å². The second kappa shape index (κ2) is 6.74. The van der Waals surface area contributed by atoms with Gasteiger partial charge in [0, 0.05) is 6.54 Å². The second-order valence-electron chi connectivity index (χ2n) is 6.50. The maximum absolute atomic E-state index is 14.4. The van der Waals surface area contributed by atoms with Crippen LogP contribution in [0, 0.1) is 17.1 Å². The lowest BCUT2D eigenvalue weighted by Gasteiger charge is -2.33. The molecule has 2 atom stereocenters. The third-order valence-electron chi connectivity index (χ3n) is 4.45. The number of likely N-dealkylation sites (tertiary alicyclic amines) is 1. The number of piperidine rings is 1. The molecule has 0 unspecified atom stereocenters. The highest BCUT2D eigenvalue weighted by atomic mass is 19.1. The number of alkyl halides is 1. The first kappa shape index (κ1) is 17.8. The van der Waals surface area contributed by atoms with Gasteiger partial charge in [0.1, 0.15) is 23.3 Å². The molecule has 1 aliphatic heterocycles. The highest BCUT2D eigenvalue weighted by molar-refractivity contribution is 5.65. The number of halogens is 2. The maximum Gasteiger partial charge on any atom is 0.407 e. The summed E-state index contributed by atoms with van der Waals surface area (Å²) in [6.45, 7) is 3.60. The zero-order valence-electron chi connectivity index (χ0n) is 14.3. The van der Waals surface area contributed by atoms with E-state index in [1.54, 1.807) is 0 Å². The van der Waals surface area contributed by atoms with E-state index >= 15 is 0 Å². The van der Waals surface area contributed by atoms with Crippen LogP contribution in [0.4, 0.5) is 19.5 Å². The number of amides is 1. The molecular formula is C16H18F2N6O2. The van der Waals surface area contributed by atoms with Gasteiger partial charge in [-0.1, -0.05) is 13.8 Å². The van der Waals surface area contributed by atoms with Crippen LogP contribution in [0.5, 0.6) is 0 Å². The molecule has 10 heteroatoms. The molecule has 2 N–H and O–H groups in total. The standard InChI is InChI=1S/C16H18F2N6O2/c1-8(2)14-9(5-19)13(18)12-6-20-15(22-24(12)14)21-11-3-4-23(16(25)26)7-10(11)17/h6,8,10-11H,3-4,7H2,1-2H3,(H,21,22)(H,25,26)/t10-,11-/m1/s1. The lowest BCUT2D eigenvalue weighted by molar-refractivity contribution is 0.101. The number of hydrogen-bond donors (Lipinski definition) is 2. The Kier molecular flexibility index (Phi) is 4.63. The van der Waals surface area contributed by atoms with Gasteiger partial charge < -0.3 is 15.3 Å². The Morgan fingerprint density at radius 1 is 1.54 bits per heavy atom. The first-order chi connectivity index (χ1) is 12.3. The van der Waals surface area contributed by atoms with E-state index in [9.17, 15) is 18.8 Å². The van der Waals surface area contributed by atoms with Gasteiger partial charge in [-0.05, 0) is 12.3 Å². The maximum atomic E-state index is 14.4. The number of anilines is 1. The molecular weight excluding hydrogens is 346 g/mol. The molecule has 1 aliphatic rings. The molecule has 0 aliphatic carbocycles. The van der Waals surface area contributed by atoms with Gasteiger partial charge >= 0.3 is 6.09 Å². The Bertz CT molecular complexity index is 891. The molecule has 8 nitrogen and oxygen atoms in total. The highest BCUT2D eigenvalue weighted by Crippen LogP contribution is 2.27. The highest BCUT2D eigenvalue weighted by Gasteiger charge is 2.32. The van der Waals surface area contributed by atoms with E-state index in [0.29, 0.717) is 5.69 Å². The van der Waals surface area contributed by atoms with Crippen molar-refractivity contribution in [3.05, 3.63) is 23.3 Å². The topological polar surface area (TPSA) is 107 Å². The Morgan fingerprint density at radius 3 is 2.85 bits per heavy atom. The first-order valence-electron chi connectivity index (χ1n) is 8.19. The lowest BCUT2D eigenvalue weighted by Crippen LogP contribution is -2.49. The fourth-order valence-corrected chi connectivity index (χ4v) is 3.14. The van der Waals surface area contributed by atoms with E-state index in [1.807, 2.05) is 19.9 Å². The van der Waals surface area contributed by atoms with Gasteiger partial charge in [0.05, 0.1) is 24.5 Å². The molecule has 0 spiro atoms. The minimum absolute atomic E-state index is 0.0771. The van der Waals surface area contributed by atoms with Crippen molar-refractivity contribution in [3.8, 4) is 6.07 Å². The van der Waals surface area contributed by atoms with E-state index < -0.39 is 24.1 Å². The lowest BCUT2D eigenvalue weighted by atomic mass is 10.0. The van der Waals surface area contributed by atoms with Gasteiger partial charge in [-0.15, -0.1) is 5.10 Å². The smallest absolute Gasteiger partial charge is 0.407 e. The molecule has 1 fully saturated rings. The monoisotopic (exact) mass is 364 g/mol. The zero-order chi connectivity index (χ0) is 19.0. The van der Waals surface area contributed by atoms with E-state index in [0.717, 1.165) is 4.90 Å². The van der Waals surface area contributed by atoms with Crippen molar-refractivity contribution in [2.45, 2.75) is 38.4 Å². The Labute approximate surface area is 148 Å². The van der Waals surface area contributed by atoms with Crippen molar-refractivity contribution in [1.82, 2.24) is 19.5 Å². The number of nitriles is 1. The fourth-order valence-electron chi connectivity index (χ4n) is 3.14. The van der Waals surface area contributed by atoms with Crippen molar-refractivity contribution >= 4 is 17.6 Å². The van der Waals surface area contributed by atoms with E-state index in [-0.39, 0.29) is 42.5 Å². The summed E-state index contributed by atoms with van der Waals surface area (Å²) in [4.78, 5) is 16.0. The van der Waals surface area contributed by atoms with E-state index in [4.69, 9.17) is 5.11 Å². The van der Waals surface area contributed by atoms with Crippen LogP contribution >= 0.6 is 0 Å². The number of rotatable bonds is 3. The molecule has 1 amide bonds. The predicted octanol–water partition coefficient (Wildman–Crippen LogP) is 2.37. The molecule has 138 valence electrons. The third kappa shape index (κ3) is 3.00. The van der Waals surface area contributed by atoms with Crippen LogP contribution < -0.4 is 5.32 Å². The number of hydrogen-bond acceptors (Lipinski definition) is 5. The van der Waals surface area contributed by atoms with E-state index in [1.165, 1.54) is 10.7 Å². The summed E-state index contributed by atoms with van der Waals surface area (Å²) in [6.07, 6.45) is -1.07. The van der Waals surface area contributed by atoms with Crippen molar-refractivity contribution in [2.24, 2.45) is 0 Å². The summed E-state index contributed by atoms with van der Waals surface area (Å²) < 4.78 is 29.9. The quantitative estimate of drug-likeness (QED) is 0.866. The number of aromatic nitrogens is 3. The molecule has 0 radical (unpaired) electrons. The summed E-state index contributed by atoms with van der Waals surface area (Å²) in [5.74, 6) is -0.742. The zero-order valence-corrected chi connectivity index (χ0v) is 14.3. The van der Waals surface area contributed by atoms with Crippen LogP contribution in [0.15, 0.2) is 6.20 Å². The van der Waals surface area contributed by atoms with Crippen LogP contribution in [0.25, 0.3) is 5.52 Å². The Balaban J connectivity index is 1.89. The summed E-state index contributed by atoms with van der Waals surface area (Å²) in [6, 6.07) is 1.20.